The van der Waals surface area contributed by atoms with Crippen LogP contribution in [0.4, 0.5) is 5.69 Å². The molecule has 2 aromatic rings. The third-order valence-corrected chi connectivity index (χ3v) is 3.44. The van der Waals surface area contributed by atoms with Crippen molar-refractivity contribution in [1.29, 1.82) is 0 Å². The van der Waals surface area contributed by atoms with E-state index >= 15 is 0 Å². The number of aryl methyl sites for hydroxylation is 2. The van der Waals surface area contributed by atoms with Crippen LogP contribution in [0.3, 0.4) is 0 Å². The van der Waals surface area contributed by atoms with Crippen LogP contribution in [0, 0.1) is 6.92 Å². The molecule has 3 heteroatoms. The molecule has 0 aliphatic carbocycles. The van der Waals surface area contributed by atoms with Crippen molar-refractivity contribution >= 4 is 23.0 Å². The summed E-state index contributed by atoms with van der Waals surface area (Å²) in [6, 6.07) is 16.8. The quantitative estimate of drug-likeness (QED) is 0.828. The molecule has 2 rings (SSSR count). The Morgan fingerprint density at radius 1 is 0.950 bits per heavy atom. The van der Waals surface area contributed by atoms with E-state index in [1.54, 1.807) is 0 Å². The second-order valence-corrected chi connectivity index (χ2v) is 5.25. The number of nitrogens with one attached hydrogen (secondary N) is 2. The van der Waals surface area contributed by atoms with Gasteiger partial charge in [0.2, 0.25) is 0 Å². The third-order valence-electron chi connectivity index (χ3n) is 3.19. The van der Waals surface area contributed by atoms with E-state index in [1.165, 1.54) is 16.7 Å². The third kappa shape index (κ3) is 4.35. The highest BCUT2D eigenvalue weighted by atomic mass is 32.1. The molecular formula is C17H20N2S. The Bertz CT molecular complexity index is 559. The summed E-state index contributed by atoms with van der Waals surface area (Å²) in [5, 5.41) is 7.06. The van der Waals surface area contributed by atoms with E-state index in [0.29, 0.717) is 5.11 Å². The normalized spacial score (nSPS) is 10.1. The van der Waals surface area contributed by atoms with Crippen LogP contribution in [0.5, 0.6) is 0 Å². The fraction of sp³-hybridized carbons (Fsp3) is 0.235. The van der Waals surface area contributed by atoms with Gasteiger partial charge in [0, 0.05) is 12.2 Å². The SMILES string of the molecule is CCc1ccc(NC(=S)NCc2ccc(C)cc2)cc1. The van der Waals surface area contributed by atoms with Gasteiger partial charge < -0.3 is 10.6 Å². The lowest BCUT2D eigenvalue weighted by molar-refractivity contribution is 0.925. The zero-order valence-corrected chi connectivity index (χ0v) is 12.8. The Balaban J connectivity index is 1.84. The fourth-order valence-electron chi connectivity index (χ4n) is 1.89. The fourth-order valence-corrected chi connectivity index (χ4v) is 2.08. The number of anilines is 1. The minimum atomic E-state index is 0.648. The van der Waals surface area contributed by atoms with Crippen molar-refractivity contribution in [3.8, 4) is 0 Å². The lowest BCUT2D eigenvalue weighted by Gasteiger charge is -2.11. The molecule has 2 N–H and O–H groups in total. The van der Waals surface area contributed by atoms with E-state index in [-0.39, 0.29) is 0 Å². The number of hydrogen-bond acceptors (Lipinski definition) is 1. The number of rotatable bonds is 4. The van der Waals surface area contributed by atoms with Crippen molar-refractivity contribution in [3.05, 3.63) is 65.2 Å². The highest BCUT2D eigenvalue weighted by Crippen LogP contribution is 2.10. The summed E-state index contributed by atoms with van der Waals surface area (Å²) in [5.41, 5.74) is 4.84. The van der Waals surface area contributed by atoms with Crippen molar-refractivity contribution < 1.29 is 0 Å². The molecule has 2 aromatic carbocycles. The van der Waals surface area contributed by atoms with Gasteiger partial charge >= 0.3 is 0 Å². The van der Waals surface area contributed by atoms with Crippen molar-refractivity contribution in [2.75, 3.05) is 5.32 Å². The zero-order chi connectivity index (χ0) is 14.4. The molecule has 0 radical (unpaired) electrons. The van der Waals surface area contributed by atoms with Crippen molar-refractivity contribution in [3.63, 3.8) is 0 Å². The van der Waals surface area contributed by atoms with E-state index in [4.69, 9.17) is 12.2 Å². The first-order chi connectivity index (χ1) is 9.67. The lowest BCUT2D eigenvalue weighted by atomic mass is 10.1. The van der Waals surface area contributed by atoms with E-state index < -0.39 is 0 Å². The predicted molar refractivity (Wildman–Crippen MR) is 90.1 cm³/mol. The lowest BCUT2D eigenvalue weighted by Crippen LogP contribution is -2.27. The first-order valence-electron chi connectivity index (χ1n) is 6.86. The van der Waals surface area contributed by atoms with Gasteiger partial charge in [-0.3, -0.25) is 0 Å². The average molecular weight is 284 g/mol. The number of thiocarbonyl (C=S) groups is 1. The summed E-state index contributed by atoms with van der Waals surface area (Å²) >= 11 is 5.30. The van der Waals surface area contributed by atoms with Gasteiger partial charge in [0.25, 0.3) is 0 Å². The highest BCUT2D eigenvalue weighted by molar-refractivity contribution is 7.80. The topological polar surface area (TPSA) is 24.1 Å². The second-order valence-electron chi connectivity index (χ2n) is 4.84. The molecule has 104 valence electrons. The Morgan fingerprint density at radius 2 is 1.55 bits per heavy atom. The second kappa shape index (κ2) is 7.06. The molecule has 2 nitrogen and oxygen atoms in total. The molecule has 0 atom stereocenters. The van der Waals surface area contributed by atoms with E-state index in [1.807, 2.05) is 0 Å². The Kier molecular flexibility index (Phi) is 5.13. The first-order valence-corrected chi connectivity index (χ1v) is 7.27. The van der Waals surface area contributed by atoms with Gasteiger partial charge in [0.05, 0.1) is 0 Å². The maximum Gasteiger partial charge on any atom is 0.171 e. The molecule has 0 unspecified atom stereocenters. The van der Waals surface area contributed by atoms with Crippen LogP contribution in [0.15, 0.2) is 48.5 Å². The molecule has 0 heterocycles. The monoisotopic (exact) mass is 284 g/mol. The molecular weight excluding hydrogens is 264 g/mol. The number of hydrogen-bond donors (Lipinski definition) is 2. The summed E-state index contributed by atoms with van der Waals surface area (Å²) in [6.45, 7) is 4.97. The minimum absolute atomic E-state index is 0.648. The van der Waals surface area contributed by atoms with E-state index in [0.717, 1.165) is 18.7 Å². The standard InChI is InChI=1S/C17H20N2S/c1-3-14-8-10-16(11-9-14)19-17(20)18-12-15-6-4-13(2)5-7-15/h4-11H,3,12H2,1-2H3,(H2,18,19,20). The van der Waals surface area contributed by atoms with Crippen LogP contribution in [0.2, 0.25) is 0 Å². The van der Waals surface area contributed by atoms with E-state index in [9.17, 15) is 0 Å². The smallest absolute Gasteiger partial charge is 0.171 e. The summed E-state index contributed by atoms with van der Waals surface area (Å²) in [6.07, 6.45) is 1.05. The van der Waals surface area contributed by atoms with Crippen LogP contribution < -0.4 is 10.6 Å². The van der Waals surface area contributed by atoms with Gasteiger partial charge in [-0.05, 0) is 48.8 Å². The molecule has 0 aliphatic rings. The largest absolute Gasteiger partial charge is 0.358 e. The van der Waals surface area contributed by atoms with Gasteiger partial charge in [-0.1, -0.05) is 48.9 Å². The molecule has 0 bridgehead atoms. The highest BCUT2D eigenvalue weighted by Gasteiger charge is 1.98. The molecule has 0 spiro atoms. The average Bonchev–Trinajstić information content (AvgIpc) is 2.47. The summed E-state index contributed by atoms with van der Waals surface area (Å²) in [4.78, 5) is 0. The Labute approximate surface area is 126 Å². The summed E-state index contributed by atoms with van der Waals surface area (Å²) in [7, 11) is 0. The molecule has 0 saturated heterocycles. The Hall–Kier alpha value is -1.87. The number of benzene rings is 2. The van der Waals surface area contributed by atoms with Crippen LogP contribution in [-0.2, 0) is 13.0 Å². The summed E-state index contributed by atoms with van der Waals surface area (Å²) in [5.74, 6) is 0. The predicted octanol–water partition coefficient (Wildman–Crippen LogP) is 4.04. The van der Waals surface area contributed by atoms with Crippen LogP contribution in [0.25, 0.3) is 0 Å². The van der Waals surface area contributed by atoms with Crippen molar-refractivity contribution in [2.45, 2.75) is 26.8 Å². The zero-order valence-electron chi connectivity index (χ0n) is 11.9. The first kappa shape index (κ1) is 14.5. The molecule has 0 aliphatic heterocycles. The molecule has 0 saturated carbocycles. The van der Waals surface area contributed by atoms with Gasteiger partial charge in [-0.25, -0.2) is 0 Å². The van der Waals surface area contributed by atoms with Crippen LogP contribution in [0.1, 0.15) is 23.6 Å². The molecule has 0 amide bonds. The van der Waals surface area contributed by atoms with Crippen LogP contribution >= 0.6 is 12.2 Å². The maximum absolute atomic E-state index is 5.30. The van der Waals surface area contributed by atoms with Crippen molar-refractivity contribution in [1.82, 2.24) is 5.32 Å². The maximum atomic E-state index is 5.30. The molecule has 20 heavy (non-hydrogen) atoms. The van der Waals surface area contributed by atoms with Gasteiger partial charge in [0.15, 0.2) is 5.11 Å². The molecule has 0 fully saturated rings. The van der Waals surface area contributed by atoms with Gasteiger partial charge in [0.1, 0.15) is 0 Å². The van der Waals surface area contributed by atoms with Gasteiger partial charge in [-0.15, -0.1) is 0 Å². The van der Waals surface area contributed by atoms with Crippen LogP contribution in [-0.4, -0.2) is 5.11 Å². The Morgan fingerprint density at radius 3 is 2.15 bits per heavy atom. The van der Waals surface area contributed by atoms with Crippen molar-refractivity contribution in [2.24, 2.45) is 0 Å². The molecule has 0 aromatic heterocycles. The van der Waals surface area contributed by atoms with E-state index in [2.05, 4.69) is 73.0 Å². The minimum Gasteiger partial charge on any atom is -0.358 e. The summed E-state index contributed by atoms with van der Waals surface area (Å²) < 4.78 is 0. The van der Waals surface area contributed by atoms with Gasteiger partial charge in [-0.2, -0.15) is 0 Å².